The summed E-state index contributed by atoms with van der Waals surface area (Å²) in [7, 11) is 0. The summed E-state index contributed by atoms with van der Waals surface area (Å²) in [5, 5.41) is 12.4. The largest absolute Gasteiger partial charge is 0.392 e. The van der Waals surface area contributed by atoms with Gasteiger partial charge in [-0.25, -0.2) is 0 Å². The zero-order valence-corrected chi connectivity index (χ0v) is 10.1. The topological polar surface area (TPSA) is 32.3 Å². The number of anilines is 1. The number of aliphatic hydroxyl groups is 1. The number of rotatable bonds is 4. The highest BCUT2D eigenvalue weighted by atomic mass is 79.9. The van der Waals surface area contributed by atoms with Crippen LogP contribution in [0.2, 0.25) is 0 Å². The zero-order chi connectivity index (χ0) is 10.6. The van der Waals surface area contributed by atoms with Crippen molar-refractivity contribution in [2.45, 2.75) is 26.4 Å². The predicted octanol–water partition coefficient (Wildman–Crippen LogP) is 2.80. The molecule has 1 rings (SSSR count). The molecule has 0 fully saturated rings. The van der Waals surface area contributed by atoms with E-state index in [0.717, 1.165) is 16.6 Å². The number of hydrogen-bond acceptors (Lipinski definition) is 2. The minimum Gasteiger partial charge on any atom is -0.392 e. The maximum atomic E-state index is 9.16. The van der Waals surface area contributed by atoms with Crippen LogP contribution in [0.5, 0.6) is 0 Å². The van der Waals surface area contributed by atoms with Gasteiger partial charge in [0.2, 0.25) is 0 Å². The molecule has 0 bridgehead atoms. The quantitative estimate of drug-likeness (QED) is 0.870. The first-order chi connectivity index (χ1) is 6.63. The first-order valence-electron chi connectivity index (χ1n) is 4.84. The predicted molar refractivity (Wildman–Crippen MR) is 63.7 cm³/mol. The van der Waals surface area contributed by atoms with Crippen molar-refractivity contribution in [3.8, 4) is 0 Å². The van der Waals surface area contributed by atoms with Gasteiger partial charge in [-0.3, -0.25) is 0 Å². The summed E-state index contributed by atoms with van der Waals surface area (Å²) in [4.78, 5) is 0. The van der Waals surface area contributed by atoms with Gasteiger partial charge >= 0.3 is 0 Å². The van der Waals surface area contributed by atoms with E-state index in [0.29, 0.717) is 6.54 Å². The Hall–Kier alpha value is -0.540. The number of aryl methyl sites for hydroxylation is 1. The molecule has 0 saturated carbocycles. The average Bonchev–Trinajstić information content (AvgIpc) is 2.15. The van der Waals surface area contributed by atoms with Gasteiger partial charge in [0, 0.05) is 16.7 Å². The fourth-order valence-electron chi connectivity index (χ4n) is 1.28. The first-order valence-corrected chi connectivity index (χ1v) is 5.63. The molecule has 0 saturated heterocycles. The van der Waals surface area contributed by atoms with E-state index in [4.69, 9.17) is 5.11 Å². The van der Waals surface area contributed by atoms with Crippen molar-refractivity contribution < 1.29 is 5.11 Å². The summed E-state index contributed by atoms with van der Waals surface area (Å²) < 4.78 is 1.09. The van der Waals surface area contributed by atoms with Crippen LogP contribution >= 0.6 is 15.9 Å². The molecule has 1 atom stereocenters. The first kappa shape index (κ1) is 11.5. The maximum Gasteiger partial charge on any atom is 0.0684 e. The summed E-state index contributed by atoms with van der Waals surface area (Å²) in [5.41, 5.74) is 2.37. The summed E-state index contributed by atoms with van der Waals surface area (Å²) >= 11 is 3.44. The number of hydrogen-bond donors (Lipinski definition) is 2. The van der Waals surface area contributed by atoms with Crippen LogP contribution in [0.25, 0.3) is 0 Å². The van der Waals surface area contributed by atoms with Crippen molar-refractivity contribution in [1.29, 1.82) is 0 Å². The Balaban J connectivity index is 2.75. The zero-order valence-electron chi connectivity index (χ0n) is 8.55. The Kier molecular flexibility index (Phi) is 4.42. The van der Waals surface area contributed by atoms with E-state index < -0.39 is 0 Å². The molecular formula is C11H16BrNO. The van der Waals surface area contributed by atoms with E-state index in [-0.39, 0.29) is 6.10 Å². The van der Waals surface area contributed by atoms with Crippen molar-refractivity contribution >= 4 is 21.6 Å². The molecule has 3 heteroatoms. The lowest BCUT2D eigenvalue weighted by Gasteiger charge is -2.12. The van der Waals surface area contributed by atoms with Crippen LogP contribution in [0.15, 0.2) is 22.7 Å². The van der Waals surface area contributed by atoms with Crippen molar-refractivity contribution in [1.82, 2.24) is 0 Å². The van der Waals surface area contributed by atoms with Gasteiger partial charge in [0.1, 0.15) is 0 Å². The number of aliphatic hydroxyl groups excluding tert-OH is 1. The second-order valence-electron chi connectivity index (χ2n) is 3.38. The molecule has 0 aliphatic rings. The van der Waals surface area contributed by atoms with Gasteiger partial charge in [-0.2, -0.15) is 0 Å². The maximum absolute atomic E-state index is 9.16. The normalized spacial score (nSPS) is 12.6. The molecule has 0 heterocycles. The second-order valence-corrected chi connectivity index (χ2v) is 4.30. The Morgan fingerprint density at radius 3 is 2.79 bits per heavy atom. The Morgan fingerprint density at radius 2 is 2.21 bits per heavy atom. The number of benzene rings is 1. The summed E-state index contributed by atoms with van der Waals surface area (Å²) in [6.45, 7) is 4.49. The molecule has 0 radical (unpaired) electrons. The van der Waals surface area contributed by atoms with Crippen molar-refractivity contribution in [3.05, 3.63) is 28.2 Å². The van der Waals surface area contributed by atoms with E-state index in [1.165, 1.54) is 5.56 Å². The molecule has 1 aromatic rings. The Bertz CT molecular complexity index is 299. The van der Waals surface area contributed by atoms with E-state index in [2.05, 4.69) is 34.2 Å². The standard InChI is InChI=1S/C11H16BrNO/c1-3-9-6-10(12)4-5-11(9)13-7-8(2)14/h4-6,8,13-14H,3,7H2,1-2H3/t8-/m0/s1. The smallest absolute Gasteiger partial charge is 0.0684 e. The third-order valence-corrected chi connectivity index (χ3v) is 2.53. The van der Waals surface area contributed by atoms with Crippen LogP contribution in [0.3, 0.4) is 0 Å². The van der Waals surface area contributed by atoms with E-state index in [1.807, 2.05) is 12.1 Å². The lowest BCUT2D eigenvalue weighted by Crippen LogP contribution is -2.16. The van der Waals surface area contributed by atoms with Gasteiger partial charge in [0.05, 0.1) is 6.10 Å². The average molecular weight is 258 g/mol. The molecule has 78 valence electrons. The van der Waals surface area contributed by atoms with Crippen LogP contribution in [0, 0.1) is 0 Å². The fraction of sp³-hybridized carbons (Fsp3) is 0.455. The minimum absolute atomic E-state index is 0.316. The van der Waals surface area contributed by atoms with Gasteiger partial charge < -0.3 is 10.4 Å². The third-order valence-electron chi connectivity index (χ3n) is 2.04. The SMILES string of the molecule is CCc1cc(Br)ccc1NC[C@H](C)O. The number of nitrogens with one attached hydrogen (secondary N) is 1. The van der Waals surface area contributed by atoms with Crippen LogP contribution in [0.1, 0.15) is 19.4 Å². The summed E-state index contributed by atoms with van der Waals surface area (Å²) in [6, 6.07) is 6.14. The van der Waals surface area contributed by atoms with Crippen LogP contribution in [-0.2, 0) is 6.42 Å². The van der Waals surface area contributed by atoms with Gasteiger partial charge in [-0.05, 0) is 37.1 Å². The van der Waals surface area contributed by atoms with Gasteiger partial charge in [0.15, 0.2) is 0 Å². The molecule has 1 aromatic carbocycles. The van der Waals surface area contributed by atoms with Gasteiger partial charge in [0.25, 0.3) is 0 Å². The van der Waals surface area contributed by atoms with Crippen molar-refractivity contribution in [3.63, 3.8) is 0 Å². The molecule has 0 aromatic heterocycles. The Labute approximate surface area is 93.5 Å². The van der Waals surface area contributed by atoms with Gasteiger partial charge in [-0.1, -0.05) is 22.9 Å². The monoisotopic (exact) mass is 257 g/mol. The molecule has 0 aliphatic heterocycles. The third kappa shape index (κ3) is 3.31. The summed E-state index contributed by atoms with van der Waals surface area (Å²) in [6.07, 6.45) is 0.671. The molecule has 2 N–H and O–H groups in total. The molecule has 0 amide bonds. The van der Waals surface area contributed by atoms with E-state index in [1.54, 1.807) is 6.92 Å². The molecule has 2 nitrogen and oxygen atoms in total. The fourth-order valence-corrected chi connectivity index (χ4v) is 1.69. The van der Waals surface area contributed by atoms with Crippen LogP contribution in [-0.4, -0.2) is 17.8 Å². The molecule has 0 spiro atoms. The highest BCUT2D eigenvalue weighted by Crippen LogP contribution is 2.21. The highest BCUT2D eigenvalue weighted by molar-refractivity contribution is 9.10. The second kappa shape index (κ2) is 5.37. The summed E-state index contributed by atoms with van der Waals surface area (Å²) in [5.74, 6) is 0. The Morgan fingerprint density at radius 1 is 1.50 bits per heavy atom. The van der Waals surface area contributed by atoms with E-state index >= 15 is 0 Å². The highest BCUT2D eigenvalue weighted by Gasteiger charge is 2.02. The van der Waals surface area contributed by atoms with Crippen molar-refractivity contribution in [2.24, 2.45) is 0 Å². The van der Waals surface area contributed by atoms with Gasteiger partial charge in [-0.15, -0.1) is 0 Å². The van der Waals surface area contributed by atoms with Crippen molar-refractivity contribution in [2.75, 3.05) is 11.9 Å². The lowest BCUT2D eigenvalue weighted by molar-refractivity contribution is 0.208. The molecule has 0 unspecified atom stereocenters. The number of halogens is 1. The molecular weight excluding hydrogens is 242 g/mol. The molecule has 0 aliphatic carbocycles. The minimum atomic E-state index is -0.316. The molecule has 14 heavy (non-hydrogen) atoms. The lowest BCUT2D eigenvalue weighted by atomic mass is 10.1. The van der Waals surface area contributed by atoms with Crippen LogP contribution < -0.4 is 5.32 Å². The van der Waals surface area contributed by atoms with E-state index in [9.17, 15) is 0 Å². The van der Waals surface area contributed by atoms with Crippen LogP contribution in [0.4, 0.5) is 5.69 Å².